The number of anilines is 1. The van der Waals surface area contributed by atoms with Gasteiger partial charge in [-0.25, -0.2) is 4.98 Å². The Morgan fingerprint density at radius 3 is 3.20 bits per heavy atom. The third-order valence-corrected chi connectivity index (χ3v) is 2.71. The van der Waals surface area contributed by atoms with E-state index in [1.54, 1.807) is 0 Å². The second-order valence-electron chi connectivity index (χ2n) is 3.75. The van der Waals surface area contributed by atoms with Gasteiger partial charge in [-0.1, -0.05) is 0 Å². The molecule has 15 heavy (non-hydrogen) atoms. The molecule has 1 aromatic heterocycles. The lowest BCUT2D eigenvalue weighted by Crippen LogP contribution is -2.84. The molecular formula is C11H16N4+2. The van der Waals surface area contributed by atoms with Crippen LogP contribution < -0.4 is 15.2 Å². The van der Waals surface area contributed by atoms with Gasteiger partial charge in [0, 0.05) is 6.42 Å². The Balaban J connectivity index is 2.23. The molecule has 0 atom stereocenters. The summed E-state index contributed by atoms with van der Waals surface area (Å²) < 4.78 is 0. The zero-order valence-electron chi connectivity index (χ0n) is 8.74. The molecule has 4 nitrogen and oxygen atoms in total. The molecule has 1 aliphatic rings. The fourth-order valence-electron chi connectivity index (χ4n) is 1.93. The summed E-state index contributed by atoms with van der Waals surface area (Å²) in [4.78, 5) is 5.44. The van der Waals surface area contributed by atoms with Crippen molar-refractivity contribution in [3.05, 3.63) is 23.9 Å². The number of aromatic amines is 1. The molecule has 0 radical (unpaired) electrons. The summed E-state index contributed by atoms with van der Waals surface area (Å²) in [6.45, 7) is 4.33. The van der Waals surface area contributed by atoms with Crippen LogP contribution in [0.25, 0.3) is 0 Å². The van der Waals surface area contributed by atoms with Gasteiger partial charge in [-0.3, -0.25) is 4.90 Å². The molecule has 1 fully saturated rings. The van der Waals surface area contributed by atoms with Crippen LogP contribution in [-0.4, -0.2) is 26.2 Å². The van der Waals surface area contributed by atoms with Crippen LogP contribution >= 0.6 is 0 Å². The van der Waals surface area contributed by atoms with E-state index in [9.17, 15) is 0 Å². The SMILES string of the molecule is N#Cc1ccc[nH+]c1N1CCC[NH2+]CC1. The number of nitrogens with zero attached hydrogens (tertiary/aromatic N) is 2. The van der Waals surface area contributed by atoms with Crippen molar-refractivity contribution in [2.24, 2.45) is 0 Å². The normalized spacial score (nSPS) is 16.9. The molecule has 2 heterocycles. The maximum atomic E-state index is 9.01. The van der Waals surface area contributed by atoms with Crippen LogP contribution in [0.15, 0.2) is 18.3 Å². The minimum atomic E-state index is 0.736. The van der Waals surface area contributed by atoms with Gasteiger partial charge in [0.1, 0.15) is 24.7 Å². The number of pyridine rings is 1. The lowest BCUT2D eigenvalue weighted by Gasteiger charge is -2.12. The van der Waals surface area contributed by atoms with Gasteiger partial charge in [0.05, 0.1) is 19.3 Å². The fraction of sp³-hybridized carbons (Fsp3) is 0.455. The zero-order valence-corrected chi connectivity index (χ0v) is 8.74. The molecule has 1 aromatic rings. The van der Waals surface area contributed by atoms with Gasteiger partial charge in [0.15, 0.2) is 0 Å². The Bertz CT molecular complexity index is 361. The Morgan fingerprint density at radius 2 is 2.33 bits per heavy atom. The number of nitrogens with two attached hydrogens (primary N) is 1. The van der Waals surface area contributed by atoms with Crippen molar-refractivity contribution in [2.45, 2.75) is 6.42 Å². The number of hydrogen-bond donors (Lipinski definition) is 1. The molecule has 3 N–H and O–H groups in total. The first kappa shape index (κ1) is 9.94. The number of nitriles is 1. The van der Waals surface area contributed by atoms with Crippen LogP contribution in [0.5, 0.6) is 0 Å². The van der Waals surface area contributed by atoms with E-state index in [4.69, 9.17) is 5.26 Å². The van der Waals surface area contributed by atoms with Crippen LogP contribution in [-0.2, 0) is 0 Å². The first-order valence-electron chi connectivity index (χ1n) is 5.39. The lowest BCUT2D eigenvalue weighted by atomic mass is 10.2. The lowest BCUT2D eigenvalue weighted by molar-refractivity contribution is -0.650. The van der Waals surface area contributed by atoms with E-state index in [0.29, 0.717) is 0 Å². The summed E-state index contributed by atoms with van der Waals surface area (Å²) in [5.41, 5.74) is 0.736. The number of rotatable bonds is 1. The molecule has 1 saturated heterocycles. The largest absolute Gasteiger partial charge is 0.343 e. The maximum absolute atomic E-state index is 9.01. The molecule has 0 bridgehead atoms. The van der Waals surface area contributed by atoms with E-state index in [1.807, 2.05) is 18.3 Å². The molecule has 0 saturated carbocycles. The van der Waals surface area contributed by atoms with Crippen LogP contribution in [0.2, 0.25) is 0 Å². The number of H-pyrrole nitrogens is 1. The van der Waals surface area contributed by atoms with Gasteiger partial charge in [-0.2, -0.15) is 5.26 Å². The van der Waals surface area contributed by atoms with Crippen molar-refractivity contribution < 1.29 is 10.3 Å². The topological polar surface area (TPSA) is 57.8 Å². The van der Waals surface area contributed by atoms with Crippen molar-refractivity contribution in [2.75, 3.05) is 31.1 Å². The molecule has 78 valence electrons. The van der Waals surface area contributed by atoms with Crippen LogP contribution in [0.3, 0.4) is 0 Å². The van der Waals surface area contributed by atoms with Crippen molar-refractivity contribution in [1.82, 2.24) is 0 Å². The number of quaternary nitrogens is 1. The summed E-state index contributed by atoms with van der Waals surface area (Å²) in [5, 5.41) is 11.3. The molecule has 1 aliphatic heterocycles. The average Bonchev–Trinajstić information content (AvgIpc) is 2.57. The molecule has 0 aliphatic carbocycles. The third-order valence-electron chi connectivity index (χ3n) is 2.71. The van der Waals surface area contributed by atoms with Gasteiger partial charge in [-0.15, -0.1) is 0 Å². The Hall–Kier alpha value is -1.60. The highest BCUT2D eigenvalue weighted by atomic mass is 15.2. The van der Waals surface area contributed by atoms with E-state index in [-0.39, 0.29) is 0 Å². The first-order chi connectivity index (χ1) is 7.42. The predicted octanol–water partition coefficient (Wildman–Crippen LogP) is -0.854. The monoisotopic (exact) mass is 204 g/mol. The molecular weight excluding hydrogens is 188 g/mol. The summed E-state index contributed by atoms with van der Waals surface area (Å²) in [6.07, 6.45) is 3.05. The van der Waals surface area contributed by atoms with E-state index in [0.717, 1.165) is 31.0 Å². The molecule has 0 unspecified atom stereocenters. The van der Waals surface area contributed by atoms with E-state index in [1.165, 1.54) is 13.0 Å². The third kappa shape index (κ3) is 2.25. The Labute approximate surface area is 89.5 Å². The Kier molecular flexibility index (Phi) is 3.15. The molecule has 4 heteroatoms. The van der Waals surface area contributed by atoms with Crippen molar-refractivity contribution in [3.63, 3.8) is 0 Å². The van der Waals surface area contributed by atoms with Crippen molar-refractivity contribution in [1.29, 1.82) is 5.26 Å². The minimum absolute atomic E-state index is 0.736. The highest BCUT2D eigenvalue weighted by Gasteiger charge is 2.21. The van der Waals surface area contributed by atoms with Gasteiger partial charge < -0.3 is 5.32 Å². The van der Waals surface area contributed by atoms with Gasteiger partial charge in [-0.05, 0) is 12.1 Å². The molecule has 0 spiro atoms. The second kappa shape index (κ2) is 4.76. The molecule has 2 rings (SSSR count). The highest BCUT2D eigenvalue weighted by Crippen LogP contribution is 2.12. The quantitative estimate of drug-likeness (QED) is 0.647. The second-order valence-corrected chi connectivity index (χ2v) is 3.75. The predicted molar refractivity (Wildman–Crippen MR) is 56.2 cm³/mol. The van der Waals surface area contributed by atoms with E-state index < -0.39 is 0 Å². The number of hydrogen-bond acceptors (Lipinski definition) is 2. The van der Waals surface area contributed by atoms with E-state index >= 15 is 0 Å². The number of nitrogens with one attached hydrogen (secondary N) is 1. The smallest absolute Gasteiger partial charge is 0.292 e. The van der Waals surface area contributed by atoms with E-state index in [2.05, 4.69) is 21.3 Å². The summed E-state index contributed by atoms with van der Waals surface area (Å²) in [5.74, 6) is 0.968. The van der Waals surface area contributed by atoms with Gasteiger partial charge >= 0.3 is 0 Å². The van der Waals surface area contributed by atoms with Crippen LogP contribution in [0.1, 0.15) is 12.0 Å². The summed E-state index contributed by atoms with van der Waals surface area (Å²) >= 11 is 0. The standard InChI is InChI=1S/C11H14N4/c12-9-10-3-1-5-14-11(10)15-7-2-4-13-6-8-15/h1,3,5,13H,2,4,6-8H2/p+2. The fourth-order valence-corrected chi connectivity index (χ4v) is 1.93. The summed E-state index contributed by atoms with van der Waals surface area (Å²) in [7, 11) is 0. The molecule has 0 aromatic carbocycles. The van der Waals surface area contributed by atoms with Crippen LogP contribution in [0, 0.1) is 11.3 Å². The minimum Gasteiger partial charge on any atom is -0.343 e. The summed E-state index contributed by atoms with van der Waals surface area (Å²) in [6, 6.07) is 5.96. The molecule has 0 amide bonds. The first-order valence-corrected chi connectivity index (χ1v) is 5.39. The van der Waals surface area contributed by atoms with Crippen molar-refractivity contribution in [3.8, 4) is 6.07 Å². The average molecular weight is 204 g/mol. The highest BCUT2D eigenvalue weighted by molar-refractivity contribution is 5.49. The number of aromatic nitrogens is 1. The maximum Gasteiger partial charge on any atom is 0.292 e. The van der Waals surface area contributed by atoms with Crippen molar-refractivity contribution >= 4 is 5.82 Å². The zero-order chi connectivity index (χ0) is 10.5. The Morgan fingerprint density at radius 1 is 1.40 bits per heavy atom. The van der Waals surface area contributed by atoms with Crippen LogP contribution in [0.4, 0.5) is 5.82 Å². The van der Waals surface area contributed by atoms with Gasteiger partial charge in [0.25, 0.3) is 5.82 Å². The van der Waals surface area contributed by atoms with Gasteiger partial charge in [0.2, 0.25) is 0 Å².